The van der Waals surface area contributed by atoms with Crippen LogP contribution in [-0.4, -0.2) is 50.1 Å². The average molecular weight is 258 g/mol. The van der Waals surface area contributed by atoms with Gasteiger partial charge in [-0.25, -0.2) is 0 Å². The SMILES string of the molecule is CN1CCC2(CC1)C[C@H](c1ccccc1)CN(C)C2. The fourth-order valence-electron chi connectivity index (χ4n) is 4.07. The van der Waals surface area contributed by atoms with E-state index in [1.807, 2.05) is 0 Å². The molecule has 0 radical (unpaired) electrons. The smallest absolute Gasteiger partial charge is 0.00477 e. The van der Waals surface area contributed by atoms with Crippen molar-refractivity contribution in [1.29, 1.82) is 0 Å². The molecule has 0 aliphatic carbocycles. The molecule has 0 unspecified atom stereocenters. The number of likely N-dealkylation sites (N-methyl/N-ethyl adjacent to an activating group) is 1. The van der Waals surface area contributed by atoms with Gasteiger partial charge in [-0.3, -0.25) is 0 Å². The minimum Gasteiger partial charge on any atom is -0.306 e. The summed E-state index contributed by atoms with van der Waals surface area (Å²) in [6, 6.07) is 11.1. The van der Waals surface area contributed by atoms with E-state index in [2.05, 4.69) is 54.2 Å². The molecule has 0 aromatic heterocycles. The lowest BCUT2D eigenvalue weighted by atomic mass is 9.68. The van der Waals surface area contributed by atoms with Crippen LogP contribution in [0.2, 0.25) is 0 Å². The highest BCUT2D eigenvalue weighted by atomic mass is 15.1. The molecule has 19 heavy (non-hydrogen) atoms. The van der Waals surface area contributed by atoms with Crippen molar-refractivity contribution < 1.29 is 0 Å². The molecule has 1 atom stereocenters. The third kappa shape index (κ3) is 2.85. The zero-order valence-electron chi connectivity index (χ0n) is 12.3. The van der Waals surface area contributed by atoms with Crippen molar-refractivity contribution in [2.24, 2.45) is 5.41 Å². The lowest BCUT2D eigenvalue weighted by molar-refractivity contribution is 0.0315. The molecule has 2 heterocycles. The summed E-state index contributed by atoms with van der Waals surface area (Å²) in [6.45, 7) is 5.07. The second-order valence-electron chi connectivity index (χ2n) is 6.81. The molecule has 3 rings (SSSR count). The number of benzene rings is 1. The molecule has 2 nitrogen and oxygen atoms in total. The van der Waals surface area contributed by atoms with E-state index in [0.29, 0.717) is 5.41 Å². The number of rotatable bonds is 1. The Morgan fingerprint density at radius 1 is 1.00 bits per heavy atom. The number of likely N-dealkylation sites (tertiary alicyclic amines) is 2. The molecule has 104 valence electrons. The zero-order chi connectivity index (χ0) is 13.3. The largest absolute Gasteiger partial charge is 0.306 e. The molecule has 1 aromatic carbocycles. The fourth-order valence-corrected chi connectivity index (χ4v) is 4.07. The summed E-state index contributed by atoms with van der Waals surface area (Å²) in [4.78, 5) is 5.05. The van der Waals surface area contributed by atoms with Crippen LogP contribution in [0.5, 0.6) is 0 Å². The first-order valence-electron chi connectivity index (χ1n) is 7.59. The predicted molar refractivity (Wildman–Crippen MR) is 80.5 cm³/mol. The lowest BCUT2D eigenvalue weighted by Crippen LogP contribution is -2.49. The van der Waals surface area contributed by atoms with Gasteiger partial charge < -0.3 is 9.80 Å². The van der Waals surface area contributed by atoms with E-state index in [0.717, 1.165) is 5.92 Å². The first kappa shape index (κ1) is 13.1. The summed E-state index contributed by atoms with van der Waals surface area (Å²) >= 11 is 0. The van der Waals surface area contributed by atoms with Crippen molar-refractivity contribution in [2.75, 3.05) is 40.3 Å². The van der Waals surface area contributed by atoms with Gasteiger partial charge >= 0.3 is 0 Å². The van der Waals surface area contributed by atoms with Crippen LogP contribution in [0.25, 0.3) is 0 Å². The Labute approximate surface area is 117 Å². The highest BCUT2D eigenvalue weighted by Gasteiger charge is 2.40. The van der Waals surface area contributed by atoms with Crippen molar-refractivity contribution in [3.63, 3.8) is 0 Å². The maximum atomic E-state index is 2.56. The van der Waals surface area contributed by atoms with E-state index in [9.17, 15) is 0 Å². The predicted octanol–water partition coefficient (Wildman–Crippen LogP) is 2.82. The highest BCUT2D eigenvalue weighted by molar-refractivity contribution is 5.21. The summed E-state index contributed by atoms with van der Waals surface area (Å²) in [5, 5.41) is 0. The first-order valence-corrected chi connectivity index (χ1v) is 7.59. The van der Waals surface area contributed by atoms with Crippen molar-refractivity contribution in [1.82, 2.24) is 9.80 Å². The molecule has 0 amide bonds. The molecule has 2 aliphatic heterocycles. The highest BCUT2D eigenvalue weighted by Crippen LogP contribution is 2.44. The van der Waals surface area contributed by atoms with Crippen LogP contribution in [0.15, 0.2) is 30.3 Å². The Kier molecular flexibility index (Phi) is 3.64. The Morgan fingerprint density at radius 2 is 1.68 bits per heavy atom. The van der Waals surface area contributed by atoms with Crippen molar-refractivity contribution >= 4 is 0 Å². The average Bonchev–Trinajstić information content (AvgIpc) is 2.43. The minimum absolute atomic E-state index is 0.569. The Morgan fingerprint density at radius 3 is 2.37 bits per heavy atom. The molecule has 1 aromatic rings. The third-order valence-corrected chi connectivity index (χ3v) is 5.14. The van der Waals surface area contributed by atoms with Gasteiger partial charge in [0.2, 0.25) is 0 Å². The molecular formula is C17H26N2. The van der Waals surface area contributed by atoms with Crippen molar-refractivity contribution in [3.8, 4) is 0 Å². The van der Waals surface area contributed by atoms with Crippen LogP contribution < -0.4 is 0 Å². The summed E-state index contributed by atoms with van der Waals surface area (Å²) in [5.41, 5.74) is 2.10. The molecule has 2 heteroatoms. The van der Waals surface area contributed by atoms with Crippen LogP contribution in [0.4, 0.5) is 0 Å². The van der Waals surface area contributed by atoms with Gasteiger partial charge in [-0.05, 0) is 63.3 Å². The molecule has 2 aliphatic rings. The molecule has 0 N–H and O–H groups in total. The summed E-state index contributed by atoms with van der Waals surface area (Å²) < 4.78 is 0. The van der Waals surface area contributed by atoms with E-state index in [-0.39, 0.29) is 0 Å². The molecule has 1 spiro atoms. The molecule has 0 saturated carbocycles. The number of piperidine rings is 2. The van der Waals surface area contributed by atoms with Crippen molar-refractivity contribution in [2.45, 2.75) is 25.2 Å². The monoisotopic (exact) mass is 258 g/mol. The molecule has 2 saturated heterocycles. The van der Waals surface area contributed by atoms with Gasteiger partial charge in [0, 0.05) is 13.1 Å². The summed E-state index contributed by atoms with van der Waals surface area (Å²) in [6.07, 6.45) is 4.13. The van der Waals surface area contributed by atoms with Gasteiger partial charge in [-0.1, -0.05) is 30.3 Å². The zero-order valence-corrected chi connectivity index (χ0v) is 12.3. The van der Waals surface area contributed by atoms with E-state index >= 15 is 0 Å². The van der Waals surface area contributed by atoms with Crippen LogP contribution in [0, 0.1) is 5.41 Å². The summed E-state index contributed by atoms with van der Waals surface area (Å²) in [7, 11) is 4.56. The van der Waals surface area contributed by atoms with Gasteiger partial charge in [0.15, 0.2) is 0 Å². The van der Waals surface area contributed by atoms with Crippen molar-refractivity contribution in [3.05, 3.63) is 35.9 Å². The number of nitrogens with zero attached hydrogens (tertiary/aromatic N) is 2. The van der Waals surface area contributed by atoms with Gasteiger partial charge in [-0.15, -0.1) is 0 Å². The minimum atomic E-state index is 0.569. The second kappa shape index (κ2) is 5.26. The first-order chi connectivity index (χ1) is 9.17. The van der Waals surface area contributed by atoms with Crippen LogP contribution >= 0.6 is 0 Å². The summed E-state index contributed by atoms with van der Waals surface area (Å²) in [5.74, 6) is 0.725. The fraction of sp³-hybridized carbons (Fsp3) is 0.647. The molecule has 0 bridgehead atoms. The number of hydrogen-bond donors (Lipinski definition) is 0. The second-order valence-corrected chi connectivity index (χ2v) is 6.81. The maximum Gasteiger partial charge on any atom is 0.00477 e. The van der Waals surface area contributed by atoms with Gasteiger partial charge in [0.1, 0.15) is 0 Å². The Balaban J connectivity index is 1.77. The Hall–Kier alpha value is -0.860. The van der Waals surface area contributed by atoms with E-state index in [4.69, 9.17) is 0 Å². The number of hydrogen-bond acceptors (Lipinski definition) is 2. The van der Waals surface area contributed by atoms with E-state index < -0.39 is 0 Å². The van der Waals surface area contributed by atoms with Gasteiger partial charge in [0.05, 0.1) is 0 Å². The topological polar surface area (TPSA) is 6.48 Å². The standard InChI is InChI=1S/C17H26N2/c1-18-10-8-17(9-11-18)12-16(13-19(2)14-17)15-6-4-3-5-7-15/h3-7,16H,8-14H2,1-2H3/t16-/m0/s1. The van der Waals surface area contributed by atoms with Crippen LogP contribution in [0.1, 0.15) is 30.7 Å². The van der Waals surface area contributed by atoms with Gasteiger partial charge in [-0.2, -0.15) is 0 Å². The Bertz CT molecular complexity index is 407. The normalized spacial score (nSPS) is 28.6. The molecule has 2 fully saturated rings. The quantitative estimate of drug-likeness (QED) is 0.764. The maximum absolute atomic E-state index is 2.56. The lowest BCUT2D eigenvalue weighted by Gasteiger charge is -2.49. The third-order valence-electron chi connectivity index (χ3n) is 5.14. The molecular weight excluding hydrogens is 232 g/mol. The van der Waals surface area contributed by atoms with E-state index in [1.165, 1.54) is 51.0 Å². The van der Waals surface area contributed by atoms with Crippen LogP contribution in [-0.2, 0) is 0 Å². The van der Waals surface area contributed by atoms with E-state index in [1.54, 1.807) is 0 Å². The van der Waals surface area contributed by atoms with Crippen LogP contribution in [0.3, 0.4) is 0 Å². The van der Waals surface area contributed by atoms with Gasteiger partial charge in [0.25, 0.3) is 0 Å².